The number of amides is 1. The van der Waals surface area contributed by atoms with Crippen LogP contribution in [0.2, 0.25) is 5.02 Å². The van der Waals surface area contributed by atoms with Gasteiger partial charge in [-0.05, 0) is 67.0 Å². The molecule has 0 bridgehead atoms. The summed E-state index contributed by atoms with van der Waals surface area (Å²) in [7, 11) is 1.36. The van der Waals surface area contributed by atoms with E-state index in [-0.39, 0.29) is 5.91 Å². The Morgan fingerprint density at radius 1 is 1.23 bits per heavy atom. The number of aryl methyl sites for hydroxylation is 2. The van der Waals surface area contributed by atoms with Gasteiger partial charge in [-0.3, -0.25) is 4.79 Å². The van der Waals surface area contributed by atoms with Crippen molar-refractivity contribution in [2.45, 2.75) is 32.8 Å². The van der Waals surface area contributed by atoms with Crippen molar-refractivity contribution < 1.29 is 19.1 Å². The number of rotatable bonds is 6. The number of hydrogen-bond donors (Lipinski definition) is 1. The van der Waals surface area contributed by atoms with Gasteiger partial charge in [0, 0.05) is 15.5 Å². The van der Waals surface area contributed by atoms with Crippen LogP contribution >= 0.6 is 34.3 Å². The molecule has 0 saturated carbocycles. The summed E-state index contributed by atoms with van der Waals surface area (Å²) in [6, 6.07) is 7.31. The van der Waals surface area contributed by atoms with Gasteiger partial charge < -0.3 is 14.8 Å². The second-order valence-corrected chi connectivity index (χ2v) is 9.45. The van der Waals surface area contributed by atoms with Gasteiger partial charge >= 0.3 is 5.97 Å². The van der Waals surface area contributed by atoms with Crippen molar-refractivity contribution in [1.82, 2.24) is 0 Å². The molecule has 0 unspecified atom stereocenters. The molecule has 1 N–H and O–H groups in total. The van der Waals surface area contributed by atoms with E-state index >= 15 is 0 Å². The smallest absolute Gasteiger partial charge is 0.341 e. The first-order chi connectivity index (χ1) is 14.5. The molecule has 30 heavy (non-hydrogen) atoms. The average molecular weight is 462 g/mol. The fourth-order valence-corrected chi connectivity index (χ4v) is 5.60. The van der Waals surface area contributed by atoms with Gasteiger partial charge in [0.25, 0.3) is 5.91 Å². The van der Waals surface area contributed by atoms with Crippen LogP contribution in [0.4, 0.5) is 5.00 Å². The van der Waals surface area contributed by atoms with Crippen molar-refractivity contribution in [2.75, 3.05) is 12.4 Å². The number of carbonyl (C=O) groups excluding carboxylic acids is 2. The molecule has 1 amide bonds. The van der Waals surface area contributed by atoms with E-state index in [0.717, 1.165) is 46.6 Å². The number of carbonyl (C=O) groups is 2. The second kappa shape index (κ2) is 8.79. The highest BCUT2D eigenvalue weighted by Crippen LogP contribution is 2.39. The zero-order valence-corrected chi connectivity index (χ0v) is 18.9. The Bertz CT molecular complexity index is 1120. The van der Waals surface area contributed by atoms with Gasteiger partial charge in [0.2, 0.25) is 0 Å². The van der Waals surface area contributed by atoms with Crippen LogP contribution in [0.15, 0.2) is 29.6 Å². The topological polar surface area (TPSA) is 64.6 Å². The highest BCUT2D eigenvalue weighted by molar-refractivity contribution is 7.17. The van der Waals surface area contributed by atoms with Crippen LogP contribution in [0.5, 0.6) is 5.75 Å². The summed E-state index contributed by atoms with van der Waals surface area (Å²) in [6.07, 6.45) is 2.81. The van der Waals surface area contributed by atoms with E-state index in [4.69, 9.17) is 21.1 Å². The van der Waals surface area contributed by atoms with E-state index in [9.17, 15) is 9.59 Å². The van der Waals surface area contributed by atoms with Crippen molar-refractivity contribution in [3.05, 3.63) is 66.7 Å². The summed E-state index contributed by atoms with van der Waals surface area (Å²) in [5, 5.41) is 6.07. The predicted molar refractivity (Wildman–Crippen MR) is 120 cm³/mol. The Hall–Kier alpha value is -2.35. The van der Waals surface area contributed by atoms with Crippen molar-refractivity contribution in [1.29, 1.82) is 0 Å². The molecule has 1 aromatic carbocycles. The Morgan fingerprint density at radius 2 is 2.07 bits per heavy atom. The molecular formula is C22H20ClNO4S2. The standard InChI is InChI=1S/C22H20ClNO4S2/c1-12-8-14(6-7-16(12)23)28-10-13-9-18(29-11-13)20(25)24-21-19(22(26)27-2)15-4-3-5-17(15)30-21/h6-9,11H,3-5,10H2,1-2H3,(H,24,25). The molecule has 156 valence electrons. The molecule has 0 atom stereocenters. The summed E-state index contributed by atoms with van der Waals surface area (Å²) in [4.78, 5) is 26.7. The maximum Gasteiger partial charge on any atom is 0.341 e. The number of esters is 1. The lowest BCUT2D eigenvalue weighted by Gasteiger charge is -2.07. The fraction of sp³-hybridized carbons (Fsp3) is 0.273. The van der Waals surface area contributed by atoms with Crippen LogP contribution in [-0.2, 0) is 24.2 Å². The lowest BCUT2D eigenvalue weighted by Crippen LogP contribution is -2.13. The van der Waals surface area contributed by atoms with Gasteiger partial charge in [0.1, 0.15) is 17.4 Å². The SMILES string of the molecule is COC(=O)c1c(NC(=O)c2cc(COc3ccc(Cl)c(C)c3)cs2)sc2c1CCC2. The zero-order chi connectivity index (χ0) is 21.3. The Labute approximate surface area is 187 Å². The average Bonchev–Trinajstić information content (AvgIpc) is 3.44. The van der Waals surface area contributed by atoms with Gasteiger partial charge in [-0.25, -0.2) is 4.79 Å². The van der Waals surface area contributed by atoms with Crippen molar-refractivity contribution >= 4 is 51.2 Å². The number of thiophene rings is 2. The second-order valence-electron chi connectivity index (χ2n) is 7.03. The molecule has 0 radical (unpaired) electrons. The summed E-state index contributed by atoms with van der Waals surface area (Å²) in [5.74, 6) is 0.0896. The molecule has 5 nitrogen and oxygen atoms in total. The zero-order valence-electron chi connectivity index (χ0n) is 16.5. The molecule has 2 aromatic heterocycles. The number of ether oxygens (including phenoxy) is 2. The van der Waals surface area contributed by atoms with E-state index in [1.807, 2.05) is 30.5 Å². The van der Waals surface area contributed by atoms with E-state index < -0.39 is 5.97 Å². The first-order valence-corrected chi connectivity index (χ1v) is 11.5. The number of halogens is 1. The number of methoxy groups -OCH3 is 1. The predicted octanol–water partition coefficient (Wildman–Crippen LogP) is 5.88. The molecule has 0 fully saturated rings. The summed E-state index contributed by atoms with van der Waals surface area (Å²) >= 11 is 8.85. The van der Waals surface area contributed by atoms with E-state index in [1.54, 1.807) is 6.07 Å². The normalized spacial score (nSPS) is 12.5. The van der Waals surface area contributed by atoms with Crippen molar-refractivity contribution in [2.24, 2.45) is 0 Å². The quantitative estimate of drug-likeness (QED) is 0.465. The molecule has 2 heterocycles. The maximum atomic E-state index is 12.8. The minimum Gasteiger partial charge on any atom is -0.489 e. The molecule has 1 aliphatic carbocycles. The van der Waals surface area contributed by atoms with Crippen LogP contribution in [0, 0.1) is 6.92 Å². The van der Waals surface area contributed by atoms with Gasteiger partial charge in [-0.1, -0.05) is 11.6 Å². The van der Waals surface area contributed by atoms with Crippen molar-refractivity contribution in [3.8, 4) is 5.75 Å². The number of anilines is 1. The molecular weight excluding hydrogens is 442 g/mol. The Balaban J connectivity index is 1.45. The maximum absolute atomic E-state index is 12.8. The molecule has 1 aliphatic rings. The van der Waals surface area contributed by atoms with Crippen LogP contribution in [0.3, 0.4) is 0 Å². The van der Waals surface area contributed by atoms with Crippen LogP contribution < -0.4 is 10.1 Å². The van der Waals surface area contributed by atoms with Gasteiger partial charge in [0.05, 0.1) is 17.6 Å². The highest BCUT2D eigenvalue weighted by atomic mass is 35.5. The number of fused-ring (bicyclic) bond motifs is 1. The van der Waals surface area contributed by atoms with Crippen molar-refractivity contribution in [3.63, 3.8) is 0 Å². The lowest BCUT2D eigenvalue weighted by atomic mass is 10.1. The van der Waals surface area contributed by atoms with Gasteiger partial charge in [-0.2, -0.15) is 0 Å². The molecule has 0 saturated heterocycles. The Kier molecular flexibility index (Phi) is 6.13. The third kappa shape index (κ3) is 4.24. The van der Waals surface area contributed by atoms with E-state index in [1.165, 1.54) is 29.8 Å². The first-order valence-electron chi connectivity index (χ1n) is 9.47. The molecule has 8 heteroatoms. The third-order valence-electron chi connectivity index (χ3n) is 4.95. The van der Waals surface area contributed by atoms with Crippen LogP contribution in [0.25, 0.3) is 0 Å². The van der Waals surface area contributed by atoms with E-state index in [0.29, 0.717) is 27.1 Å². The number of nitrogens with one attached hydrogen (secondary N) is 1. The number of benzene rings is 1. The third-order valence-corrected chi connectivity index (χ3v) is 7.56. The minimum absolute atomic E-state index is 0.237. The number of hydrogen-bond acceptors (Lipinski definition) is 6. The van der Waals surface area contributed by atoms with E-state index in [2.05, 4.69) is 5.32 Å². The monoisotopic (exact) mass is 461 g/mol. The summed E-state index contributed by atoms with van der Waals surface area (Å²) in [6.45, 7) is 2.27. The van der Waals surface area contributed by atoms with Crippen LogP contribution in [0.1, 0.15) is 48.0 Å². The highest BCUT2D eigenvalue weighted by Gasteiger charge is 2.28. The first kappa shape index (κ1) is 20.9. The minimum atomic E-state index is -0.400. The molecule has 3 aromatic rings. The lowest BCUT2D eigenvalue weighted by molar-refractivity contribution is 0.0601. The molecule has 0 aliphatic heterocycles. The largest absolute Gasteiger partial charge is 0.489 e. The summed E-state index contributed by atoms with van der Waals surface area (Å²) in [5.41, 5.74) is 3.37. The fourth-order valence-electron chi connectivity index (χ4n) is 3.42. The van der Waals surface area contributed by atoms with Gasteiger partial charge in [0.15, 0.2) is 0 Å². The molecule has 4 rings (SSSR count). The molecule has 0 spiro atoms. The van der Waals surface area contributed by atoms with Gasteiger partial charge in [-0.15, -0.1) is 22.7 Å². The summed E-state index contributed by atoms with van der Waals surface area (Å²) < 4.78 is 10.7. The van der Waals surface area contributed by atoms with Crippen LogP contribution in [-0.4, -0.2) is 19.0 Å². The Morgan fingerprint density at radius 3 is 2.83 bits per heavy atom.